The number of thiophene rings is 1. The van der Waals surface area contributed by atoms with Crippen molar-refractivity contribution < 1.29 is 0 Å². The fourth-order valence-electron chi connectivity index (χ4n) is 2.37. The van der Waals surface area contributed by atoms with Crippen LogP contribution in [0.15, 0.2) is 17.5 Å². The van der Waals surface area contributed by atoms with E-state index in [1.54, 1.807) is 11.3 Å². The van der Waals surface area contributed by atoms with E-state index in [1.165, 1.54) is 25.0 Å². The lowest BCUT2D eigenvalue weighted by Gasteiger charge is -2.23. The Morgan fingerprint density at radius 1 is 1.35 bits per heavy atom. The number of H-pyrrole nitrogens is 1. The van der Waals surface area contributed by atoms with E-state index in [2.05, 4.69) is 31.5 Å². The average molecular weight is 306 g/mol. The Labute approximate surface area is 124 Å². The number of rotatable bonds is 3. The van der Waals surface area contributed by atoms with Crippen LogP contribution in [0.2, 0.25) is 5.28 Å². The summed E-state index contributed by atoms with van der Waals surface area (Å²) in [6.07, 6.45) is 3.80. The Kier molecular flexibility index (Phi) is 2.85. The standard InChI is InChI=1S/C13H12ClN5S/c14-13-15-8-4-5-20-11(8)12(17-13)16-10-6-9(18-19-10)7-2-1-3-7/h4-7H,1-3H2,(H2,15,16,17,18,19). The molecule has 0 saturated heterocycles. The lowest BCUT2D eigenvalue weighted by Crippen LogP contribution is -2.08. The van der Waals surface area contributed by atoms with Gasteiger partial charge in [-0.05, 0) is 35.9 Å². The van der Waals surface area contributed by atoms with Gasteiger partial charge in [0.2, 0.25) is 5.28 Å². The van der Waals surface area contributed by atoms with Gasteiger partial charge in [-0.1, -0.05) is 6.42 Å². The molecule has 3 heterocycles. The topological polar surface area (TPSA) is 66.5 Å². The lowest BCUT2D eigenvalue weighted by molar-refractivity contribution is 0.410. The van der Waals surface area contributed by atoms with Crippen molar-refractivity contribution in [3.8, 4) is 0 Å². The van der Waals surface area contributed by atoms with Crippen LogP contribution in [0.1, 0.15) is 30.9 Å². The van der Waals surface area contributed by atoms with Crippen LogP contribution in [0, 0.1) is 0 Å². The van der Waals surface area contributed by atoms with E-state index in [4.69, 9.17) is 11.6 Å². The SMILES string of the molecule is Clc1nc(Nc2cc(C3CCC3)[nH]n2)c2sccc2n1. The van der Waals surface area contributed by atoms with Crippen LogP contribution in [0.5, 0.6) is 0 Å². The normalized spacial score (nSPS) is 15.4. The Morgan fingerprint density at radius 3 is 3.05 bits per heavy atom. The van der Waals surface area contributed by atoms with Gasteiger partial charge in [-0.3, -0.25) is 5.10 Å². The highest BCUT2D eigenvalue weighted by atomic mass is 35.5. The monoisotopic (exact) mass is 305 g/mol. The Bertz CT molecular complexity index is 761. The van der Waals surface area contributed by atoms with Gasteiger partial charge in [-0.15, -0.1) is 11.3 Å². The molecule has 0 atom stereocenters. The molecule has 1 fully saturated rings. The van der Waals surface area contributed by atoms with E-state index >= 15 is 0 Å². The summed E-state index contributed by atoms with van der Waals surface area (Å²) < 4.78 is 0.989. The van der Waals surface area contributed by atoms with Gasteiger partial charge in [0.1, 0.15) is 0 Å². The molecule has 7 heteroatoms. The van der Waals surface area contributed by atoms with Crippen molar-refractivity contribution in [1.82, 2.24) is 20.2 Å². The van der Waals surface area contributed by atoms with Crippen molar-refractivity contribution >= 4 is 44.8 Å². The van der Waals surface area contributed by atoms with Crippen molar-refractivity contribution in [3.63, 3.8) is 0 Å². The maximum Gasteiger partial charge on any atom is 0.224 e. The van der Waals surface area contributed by atoms with Gasteiger partial charge in [0.15, 0.2) is 11.6 Å². The zero-order valence-corrected chi connectivity index (χ0v) is 12.1. The second kappa shape index (κ2) is 4.71. The molecule has 0 aliphatic heterocycles. The number of anilines is 2. The third-order valence-electron chi connectivity index (χ3n) is 3.67. The molecular formula is C13H12ClN5S. The number of hydrogen-bond donors (Lipinski definition) is 2. The number of nitrogens with one attached hydrogen (secondary N) is 2. The van der Waals surface area contributed by atoms with Crippen molar-refractivity contribution in [2.24, 2.45) is 0 Å². The van der Waals surface area contributed by atoms with E-state index in [0.717, 1.165) is 16.0 Å². The van der Waals surface area contributed by atoms with E-state index in [-0.39, 0.29) is 5.28 Å². The number of halogens is 1. The maximum atomic E-state index is 5.95. The molecular weight excluding hydrogens is 294 g/mol. The maximum absolute atomic E-state index is 5.95. The van der Waals surface area contributed by atoms with E-state index in [1.807, 2.05) is 11.4 Å². The fraction of sp³-hybridized carbons (Fsp3) is 0.308. The minimum atomic E-state index is 0.244. The molecule has 2 N–H and O–H groups in total. The van der Waals surface area contributed by atoms with Crippen molar-refractivity contribution in [2.45, 2.75) is 25.2 Å². The molecule has 102 valence electrons. The second-order valence-electron chi connectivity index (χ2n) is 4.94. The highest BCUT2D eigenvalue weighted by Crippen LogP contribution is 2.36. The molecule has 0 bridgehead atoms. The number of fused-ring (bicyclic) bond motifs is 1. The summed E-state index contributed by atoms with van der Waals surface area (Å²) in [7, 11) is 0. The highest BCUT2D eigenvalue weighted by Gasteiger charge is 2.21. The Hall–Kier alpha value is -1.66. The molecule has 0 aromatic carbocycles. The smallest absolute Gasteiger partial charge is 0.224 e. The van der Waals surface area contributed by atoms with Gasteiger partial charge in [0.25, 0.3) is 0 Å². The summed E-state index contributed by atoms with van der Waals surface area (Å²) in [6.45, 7) is 0. The van der Waals surface area contributed by atoms with Crippen LogP contribution in [0.4, 0.5) is 11.6 Å². The molecule has 5 nitrogen and oxygen atoms in total. The summed E-state index contributed by atoms with van der Waals surface area (Å²) in [5.41, 5.74) is 2.05. The first-order valence-corrected chi connectivity index (χ1v) is 7.78. The van der Waals surface area contributed by atoms with E-state index in [9.17, 15) is 0 Å². The fourth-order valence-corrected chi connectivity index (χ4v) is 3.32. The highest BCUT2D eigenvalue weighted by molar-refractivity contribution is 7.17. The Balaban J connectivity index is 1.66. The molecule has 1 aliphatic carbocycles. The molecule has 1 saturated carbocycles. The van der Waals surface area contributed by atoms with Gasteiger partial charge < -0.3 is 5.32 Å². The molecule has 0 radical (unpaired) electrons. The predicted octanol–water partition coefficient (Wildman–Crippen LogP) is 4.08. The van der Waals surface area contributed by atoms with Crippen molar-refractivity contribution in [1.29, 1.82) is 0 Å². The van der Waals surface area contributed by atoms with Crippen LogP contribution in [-0.2, 0) is 0 Å². The van der Waals surface area contributed by atoms with Crippen molar-refractivity contribution in [3.05, 3.63) is 28.5 Å². The minimum Gasteiger partial charge on any atom is -0.322 e. The number of hydrogen-bond acceptors (Lipinski definition) is 5. The van der Waals surface area contributed by atoms with Gasteiger partial charge in [0.05, 0.1) is 10.2 Å². The summed E-state index contributed by atoms with van der Waals surface area (Å²) in [4.78, 5) is 8.45. The van der Waals surface area contributed by atoms with Crippen molar-refractivity contribution in [2.75, 3.05) is 5.32 Å². The summed E-state index contributed by atoms with van der Waals surface area (Å²) in [5, 5.41) is 12.9. The number of aromatic nitrogens is 4. The summed E-state index contributed by atoms with van der Waals surface area (Å²) in [6, 6.07) is 3.99. The predicted molar refractivity (Wildman–Crippen MR) is 80.9 cm³/mol. The number of nitrogens with zero attached hydrogens (tertiary/aromatic N) is 3. The molecule has 3 aromatic rings. The van der Waals surface area contributed by atoms with Crippen LogP contribution >= 0.6 is 22.9 Å². The van der Waals surface area contributed by atoms with Gasteiger partial charge >= 0.3 is 0 Å². The van der Waals surface area contributed by atoms with E-state index < -0.39 is 0 Å². The molecule has 3 aromatic heterocycles. The largest absolute Gasteiger partial charge is 0.322 e. The zero-order valence-electron chi connectivity index (χ0n) is 10.6. The van der Waals surface area contributed by atoms with Gasteiger partial charge in [-0.25, -0.2) is 4.98 Å². The van der Waals surface area contributed by atoms with Crippen LogP contribution in [0.25, 0.3) is 10.2 Å². The molecule has 0 unspecified atom stereocenters. The second-order valence-corrected chi connectivity index (χ2v) is 6.19. The van der Waals surface area contributed by atoms with E-state index in [0.29, 0.717) is 11.7 Å². The van der Waals surface area contributed by atoms with Crippen LogP contribution < -0.4 is 5.32 Å². The first-order chi connectivity index (χ1) is 9.79. The van der Waals surface area contributed by atoms with Crippen LogP contribution in [-0.4, -0.2) is 20.2 Å². The third-order valence-corrected chi connectivity index (χ3v) is 4.74. The molecule has 0 spiro atoms. The minimum absolute atomic E-state index is 0.244. The average Bonchev–Trinajstić information content (AvgIpc) is 2.96. The van der Waals surface area contributed by atoms with Crippen LogP contribution in [0.3, 0.4) is 0 Å². The molecule has 20 heavy (non-hydrogen) atoms. The first-order valence-electron chi connectivity index (χ1n) is 6.52. The van der Waals surface area contributed by atoms with Gasteiger partial charge in [-0.2, -0.15) is 10.1 Å². The molecule has 4 rings (SSSR count). The summed E-state index contributed by atoms with van der Waals surface area (Å²) in [5.74, 6) is 2.12. The quantitative estimate of drug-likeness (QED) is 0.716. The van der Waals surface area contributed by atoms with Gasteiger partial charge in [0, 0.05) is 17.7 Å². The third kappa shape index (κ3) is 2.05. The zero-order chi connectivity index (χ0) is 13.5. The lowest BCUT2D eigenvalue weighted by atomic mass is 9.83. The molecule has 1 aliphatic rings. The summed E-state index contributed by atoms with van der Waals surface area (Å²) >= 11 is 7.53. The first kappa shape index (κ1) is 12.1. The Morgan fingerprint density at radius 2 is 2.25 bits per heavy atom. The molecule has 0 amide bonds. The number of aromatic amines is 1.